The summed E-state index contributed by atoms with van der Waals surface area (Å²) in [6, 6.07) is 0. The second-order valence-corrected chi connectivity index (χ2v) is 5.23. The van der Waals surface area contributed by atoms with Crippen LogP contribution in [0.15, 0.2) is 6.33 Å². The lowest BCUT2D eigenvalue weighted by Gasteiger charge is -2.38. The summed E-state index contributed by atoms with van der Waals surface area (Å²) in [5.41, 5.74) is 3.72. The molecule has 23 heavy (non-hydrogen) atoms. The topological polar surface area (TPSA) is 119 Å². The number of anilines is 1. The van der Waals surface area contributed by atoms with Gasteiger partial charge >= 0.3 is 6.08 Å². The fourth-order valence-electron chi connectivity index (χ4n) is 2.60. The van der Waals surface area contributed by atoms with Gasteiger partial charge in [-0.3, -0.25) is 4.57 Å². The number of fused-ring (bicyclic) bond motifs is 1. The maximum Gasteiger partial charge on any atom is 0.312 e. The number of nitrogens with two attached hydrogens (primary N) is 1. The number of rotatable bonds is 2. The quantitative estimate of drug-likeness (QED) is 0.339. The van der Waals surface area contributed by atoms with E-state index in [0.717, 1.165) is 0 Å². The zero-order valence-electron chi connectivity index (χ0n) is 11.7. The lowest BCUT2D eigenvalue weighted by atomic mass is 9.54. The fraction of sp³-hybridized carbons (Fsp3) is 0.417. The molecule has 4 radical (unpaired) electrons. The Hall–Kier alpha value is -2.15. The highest BCUT2D eigenvalue weighted by Gasteiger charge is 2.55. The van der Waals surface area contributed by atoms with Crippen LogP contribution in [0.25, 0.3) is 11.2 Å². The zero-order chi connectivity index (χ0) is 17.0. The van der Waals surface area contributed by atoms with Crippen LogP contribution in [0.3, 0.4) is 0 Å². The maximum atomic E-state index is 13.4. The molecular weight excluding hydrogens is 303 g/mol. The van der Waals surface area contributed by atoms with Crippen molar-refractivity contribution in [1.82, 2.24) is 19.5 Å². The number of hydrogen-bond donors (Lipinski definition) is 3. The van der Waals surface area contributed by atoms with E-state index >= 15 is 0 Å². The van der Waals surface area contributed by atoms with E-state index in [0.29, 0.717) is 0 Å². The van der Waals surface area contributed by atoms with Crippen LogP contribution < -0.4 is 5.73 Å². The molecular formula is C12H10B2FN5O3. The van der Waals surface area contributed by atoms with Crippen molar-refractivity contribution in [3.63, 3.8) is 0 Å². The molecule has 3 rings (SSSR count). The Bertz CT molecular complexity index is 817. The average molecular weight is 313 g/mol. The Kier molecular flexibility index (Phi) is 3.37. The van der Waals surface area contributed by atoms with Gasteiger partial charge < -0.3 is 20.7 Å². The molecule has 4 N–H and O–H groups in total. The van der Waals surface area contributed by atoms with Crippen LogP contribution in [0.2, 0.25) is 0 Å². The summed E-state index contributed by atoms with van der Waals surface area (Å²) in [6.07, 6.45) is 3.15. The number of imidazole rings is 1. The smallest absolute Gasteiger partial charge is 0.312 e. The fourth-order valence-corrected chi connectivity index (χ4v) is 2.60. The number of ether oxygens (including phenoxy) is 1. The average Bonchev–Trinajstić information content (AvgIpc) is 2.99. The largest absolute Gasteiger partial charge is 0.405 e. The van der Waals surface area contributed by atoms with E-state index in [1.807, 2.05) is 0 Å². The number of terminal acetylenes is 1. The van der Waals surface area contributed by atoms with Crippen molar-refractivity contribution >= 4 is 32.7 Å². The SMILES string of the molecule is [B]C([B])(O)C1(C#C)O[C@@H](n2cnc3c(N)nc(F)nc32)C[C@@H]1O. The lowest BCUT2D eigenvalue weighted by Crippen LogP contribution is -2.60. The number of hydrogen-bond acceptors (Lipinski definition) is 7. The van der Waals surface area contributed by atoms with Crippen molar-refractivity contribution in [2.75, 3.05) is 5.73 Å². The van der Waals surface area contributed by atoms with Crippen LogP contribution in [0.4, 0.5) is 10.2 Å². The number of aliphatic hydroxyl groups is 2. The minimum absolute atomic E-state index is 0.0394. The van der Waals surface area contributed by atoms with Gasteiger partial charge in [-0.25, -0.2) is 4.98 Å². The van der Waals surface area contributed by atoms with Crippen molar-refractivity contribution in [3.8, 4) is 12.3 Å². The van der Waals surface area contributed by atoms with E-state index in [2.05, 4.69) is 20.9 Å². The minimum atomic E-state index is -2.49. The molecule has 0 aromatic carbocycles. The Morgan fingerprint density at radius 1 is 1.57 bits per heavy atom. The highest BCUT2D eigenvalue weighted by atomic mass is 19.1. The molecule has 0 bridgehead atoms. The molecule has 8 nitrogen and oxygen atoms in total. The Morgan fingerprint density at radius 2 is 2.26 bits per heavy atom. The molecule has 0 spiro atoms. The molecule has 0 saturated carbocycles. The first-order chi connectivity index (χ1) is 10.7. The van der Waals surface area contributed by atoms with Crippen LogP contribution in [0.1, 0.15) is 12.6 Å². The molecule has 1 aliphatic heterocycles. The van der Waals surface area contributed by atoms with Gasteiger partial charge in [0.05, 0.1) is 12.4 Å². The van der Waals surface area contributed by atoms with E-state index in [-0.39, 0.29) is 23.4 Å². The summed E-state index contributed by atoms with van der Waals surface area (Å²) in [6.45, 7) is 0. The van der Waals surface area contributed by atoms with Crippen molar-refractivity contribution in [2.45, 2.75) is 29.8 Å². The summed E-state index contributed by atoms with van der Waals surface area (Å²) in [4.78, 5) is 10.9. The van der Waals surface area contributed by atoms with E-state index in [9.17, 15) is 14.6 Å². The van der Waals surface area contributed by atoms with Crippen LogP contribution in [0, 0.1) is 18.4 Å². The van der Waals surface area contributed by atoms with Gasteiger partial charge in [-0.05, 0) is 0 Å². The molecule has 1 fully saturated rings. The van der Waals surface area contributed by atoms with Gasteiger partial charge in [-0.15, -0.1) is 6.42 Å². The first-order valence-corrected chi connectivity index (χ1v) is 6.49. The Balaban J connectivity index is 2.07. The van der Waals surface area contributed by atoms with Gasteiger partial charge in [0.1, 0.15) is 21.9 Å². The predicted molar refractivity (Wildman–Crippen MR) is 78.5 cm³/mol. The van der Waals surface area contributed by atoms with Gasteiger partial charge in [0.15, 0.2) is 22.6 Å². The highest BCUT2D eigenvalue weighted by Crippen LogP contribution is 2.42. The van der Waals surface area contributed by atoms with Crippen molar-refractivity contribution in [3.05, 3.63) is 12.4 Å². The third-order valence-corrected chi connectivity index (χ3v) is 3.76. The molecule has 0 amide bonds. The highest BCUT2D eigenvalue weighted by molar-refractivity contribution is 6.40. The minimum Gasteiger partial charge on any atom is -0.405 e. The standard InChI is InChI=1S/C12H10B2FN5O3/c1-2-11(12(13,14)22)5(21)3-6(23-11)20-4-17-7-8(16)18-10(15)19-9(7)20/h1,4-6,21-22H,3H2,(H2,16,18,19)/t5-,6+,11?/m0/s1. The maximum absolute atomic E-state index is 13.4. The molecule has 3 atom stereocenters. The molecule has 1 saturated heterocycles. The number of aliphatic hydroxyl groups excluding tert-OH is 1. The summed E-state index contributed by atoms with van der Waals surface area (Å²) >= 11 is 0. The van der Waals surface area contributed by atoms with Gasteiger partial charge in [0, 0.05) is 11.8 Å². The van der Waals surface area contributed by atoms with E-state index in [4.69, 9.17) is 32.6 Å². The Morgan fingerprint density at radius 3 is 2.83 bits per heavy atom. The molecule has 3 heterocycles. The third-order valence-electron chi connectivity index (χ3n) is 3.76. The van der Waals surface area contributed by atoms with E-state index in [1.165, 1.54) is 10.9 Å². The summed E-state index contributed by atoms with van der Waals surface area (Å²) < 4.78 is 20.2. The molecule has 114 valence electrons. The van der Waals surface area contributed by atoms with Crippen LogP contribution in [-0.2, 0) is 4.74 Å². The summed E-state index contributed by atoms with van der Waals surface area (Å²) in [5.74, 6) is 1.94. The molecule has 0 aliphatic carbocycles. The normalized spacial score (nSPS) is 28.1. The predicted octanol–water partition coefficient (Wildman–Crippen LogP) is -1.82. The van der Waals surface area contributed by atoms with Crippen LogP contribution in [-0.4, -0.2) is 62.5 Å². The van der Waals surface area contributed by atoms with Crippen molar-refractivity contribution in [1.29, 1.82) is 0 Å². The number of nitrogen functional groups attached to an aromatic ring is 1. The summed E-state index contributed by atoms with van der Waals surface area (Å²) in [7, 11) is 10.9. The second-order valence-electron chi connectivity index (χ2n) is 5.23. The third kappa shape index (κ3) is 2.18. The molecule has 11 heteroatoms. The van der Waals surface area contributed by atoms with Gasteiger partial charge in [0.25, 0.3) is 0 Å². The first kappa shape index (κ1) is 15.7. The molecule has 1 unspecified atom stereocenters. The van der Waals surface area contributed by atoms with E-state index < -0.39 is 29.4 Å². The number of nitrogens with zero attached hydrogens (tertiary/aromatic N) is 4. The monoisotopic (exact) mass is 313 g/mol. The Labute approximate surface area is 132 Å². The van der Waals surface area contributed by atoms with Crippen LogP contribution >= 0.6 is 0 Å². The summed E-state index contributed by atoms with van der Waals surface area (Å²) in [5, 5.41) is 17.5. The van der Waals surface area contributed by atoms with Gasteiger partial charge in [-0.1, -0.05) is 5.92 Å². The number of aromatic nitrogens is 4. The van der Waals surface area contributed by atoms with Crippen LogP contribution in [0.5, 0.6) is 0 Å². The zero-order valence-corrected chi connectivity index (χ0v) is 11.7. The molecule has 2 aromatic rings. The van der Waals surface area contributed by atoms with Gasteiger partial charge in [-0.2, -0.15) is 14.4 Å². The number of halogens is 1. The first-order valence-electron chi connectivity index (χ1n) is 6.49. The van der Waals surface area contributed by atoms with Crippen molar-refractivity contribution in [2.24, 2.45) is 0 Å². The molecule has 2 aromatic heterocycles. The van der Waals surface area contributed by atoms with Gasteiger partial charge in [0.2, 0.25) is 0 Å². The van der Waals surface area contributed by atoms with Crippen molar-refractivity contribution < 1.29 is 19.3 Å². The van der Waals surface area contributed by atoms with E-state index in [1.54, 1.807) is 0 Å². The second kappa shape index (κ2) is 4.92. The molecule has 1 aliphatic rings. The lowest BCUT2D eigenvalue weighted by molar-refractivity contribution is -0.117.